The fourth-order valence-electron chi connectivity index (χ4n) is 2.73. The number of hydrogen-bond donors (Lipinski definition) is 6. The first-order chi connectivity index (χ1) is 16.1. The van der Waals surface area contributed by atoms with Crippen LogP contribution in [0.2, 0.25) is 0 Å². The maximum absolute atomic E-state index is 12.9. The van der Waals surface area contributed by atoms with Gasteiger partial charge in [-0.1, -0.05) is 0 Å². The van der Waals surface area contributed by atoms with E-state index in [1.54, 1.807) is 20.8 Å². The van der Waals surface area contributed by atoms with Crippen molar-refractivity contribution in [1.29, 1.82) is 0 Å². The molecule has 5 amide bonds. The van der Waals surface area contributed by atoms with Crippen LogP contribution in [-0.4, -0.2) is 82.8 Å². The summed E-state index contributed by atoms with van der Waals surface area (Å²) >= 11 is 0. The molecule has 0 aromatic carbocycles. The monoisotopic (exact) mass is 517 g/mol. The summed E-state index contributed by atoms with van der Waals surface area (Å²) in [5.41, 5.74) is 1.16. The molecule has 3 atom stereocenters. The highest BCUT2D eigenvalue weighted by molar-refractivity contribution is 5.98. The molecule has 14 nitrogen and oxygen atoms in total. The normalized spacial score (nSPS) is 14.4. The largest absolute Gasteiger partial charge is 0.467 e. The van der Waals surface area contributed by atoms with Gasteiger partial charge in [-0.05, 0) is 55.4 Å². The number of rotatable bonds is 11. The maximum atomic E-state index is 12.9. The highest BCUT2D eigenvalue weighted by Gasteiger charge is 2.39. The summed E-state index contributed by atoms with van der Waals surface area (Å²) in [6.07, 6.45) is -2.94. The van der Waals surface area contributed by atoms with Crippen molar-refractivity contribution in [3.63, 3.8) is 0 Å². The molecule has 0 spiro atoms. The molecule has 0 heterocycles. The van der Waals surface area contributed by atoms with E-state index in [0.29, 0.717) is 0 Å². The fourth-order valence-corrected chi connectivity index (χ4v) is 2.73. The number of methoxy groups -OCH3 is 1. The zero-order valence-electron chi connectivity index (χ0n) is 22.2. The topological polar surface area (TPSA) is 215 Å². The van der Waals surface area contributed by atoms with Gasteiger partial charge in [0.1, 0.15) is 28.8 Å². The molecule has 0 aromatic rings. The lowest BCUT2D eigenvalue weighted by atomic mass is 10.00. The van der Waals surface area contributed by atoms with Gasteiger partial charge in [0.2, 0.25) is 23.6 Å². The third-order valence-corrected chi connectivity index (χ3v) is 4.60. The maximum Gasteiger partial charge on any atom is 0.408 e. The van der Waals surface area contributed by atoms with Crippen molar-refractivity contribution in [3.8, 4) is 0 Å². The molecule has 0 rings (SSSR count). The summed E-state index contributed by atoms with van der Waals surface area (Å²) in [6, 6.07) is -2.96. The molecular formula is C22H39N5O9. The third kappa shape index (κ3) is 10.9. The number of hydrogen-bond acceptors (Lipinski definition) is 9. The van der Waals surface area contributed by atoms with Crippen LogP contribution in [0.15, 0.2) is 0 Å². The Labute approximate surface area is 210 Å². The van der Waals surface area contributed by atoms with Gasteiger partial charge in [0, 0.05) is 0 Å². The summed E-state index contributed by atoms with van der Waals surface area (Å²) in [4.78, 5) is 73.8. The summed E-state index contributed by atoms with van der Waals surface area (Å²) in [5.74, 6) is -4.34. The molecule has 0 aliphatic rings. The molecule has 0 aliphatic carbocycles. The minimum Gasteiger partial charge on any atom is -0.467 e. The van der Waals surface area contributed by atoms with Gasteiger partial charge < -0.3 is 41.6 Å². The first-order valence-corrected chi connectivity index (χ1v) is 11.1. The van der Waals surface area contributed by atoms with E-state index in [1.165, 1.54) is 34.6 Å². The van der Waals surface area contributed by atoms with Gasteiger partial charge in [-0.15, -0.1) is 0 Å². The molecule has 7 N–H and O–H groups in total. The van der Waals surface area contributed by atoms with Gasteiger partial charge in [0.25, 0.3) is 0 Å². The van der Waals surface area contributed by atoms with Crippen LogP contribution in [0.3, 0.4) is 0 Å². The lowest BCUT2D eigenvalue weighted by Gasteiger charge is -2.32. The average Bonchev–Trinajstić information content (AvgIpc) is 2.67. The fraction of sp³-hybridized carbons (Fsp3) is 0.727. The number of primary amides is 1. The van der Waals surface area contributed by atoms with Crippen LogP contribution < -0.4 is 27.0 Å². The van der Waals surface area contributed by atoms with Gasteiger partial charge in [-0.3, -0.25) is 19.2 Å². The van der Waals surface area contributed by atoms with Crippen LogP contribution in [-0.2, 0) is 33.4 Å². The Morgan fingerprint density at radius 2 is 1.36 bits per heavy atom. The SMILES string of the molecule is COC(=O)C(C)(C)NC(=O)[C@@H](NC(=O)C(C)(C)NC(=O)[C@H](CC(N)=O)NC(=O)OC(C)(C)C)[C@@H](C)O. The standard InChI is InChI=1S/C22H39N5O9/c1-11(28)14(16(31)27-22(7,8)18(33)35-9)25-17(32)21(5,6)26-15(30)12(10-13(23)29)24-19(34)36-20(2,3)4/h11-12,14,28H,10H2,1-9H3,(H2,23,29)(H,24,34)(H,25,32)(H,26,30)(H,27,31)/t11-,12+,14+/m1/s1. The highest BCUT2D eigenvalue weighted by Crippen LogP contribution is 2.10. The number of aliphatic hydroxyl groups excluding tert-OH is 1. The van der Waals surface area contributed by atoms with Crippen LogP contribution in [0.25, 0.3) is 0 Å². The van der Waals surface area contributed by atoms with Crippen molar-refractivity contribution in [2.45, 2.75) is 96.7 Å². The molecule has 0 unspecified atom stereocenters. The summed E-state index contributed by atoms with van der Waals surface area (Å²) in [6.45, 7) is 11.4. The van der Waals surface area contributed by atoms with Crippen molar-refractivity contribution in [3.05, 3.63) is 0 Å². The molecule has 0 radical (unpaired) electrons. The third-order valence-electron chi connectivity index (χ3n) is 4.60. The van der Waals surface area contributed by atoms with Crippen molar-refractivity contribution in [2.24, 2.45) is 5.73 Å². The number of carbonyl (C=O) groups is 6. The first kappa shape index (κ1) is 32.6. The number of nitrogens with two attached hydrogens (primary N) is 1. The summed E-state index contributed by atoms with van der Waals surface area (Å²) in [7, 11) is 1.14. The number of alkyl carbamates (subject to hydrolysis) is 1. The van der Waals surface area contributed by atoms with Crippen LogP contribution in [0.5, 0.6) is 0 Å². The number of esters is 1. The number of carbonyl (C=O) groups excluding carboxylic acids is 6. The van der Waals surface area contributed by atoms with Crippen molar-refractivity contribution < 1.29 is 43.3 Å². The van der Waals surface area contributed by atoms with Crippen LogP contribution >= 0.6 is 0 Å². The second-order valence-corrected chi connectivity index (χ2v) is 10.3. The Hall–Kier alpha value is -3.42. The van der Waals surface area contributed by atoms with E-state index >= 15 is 0 Å². The molecule has 0 aliphatic heterocycles. The van der Waals surface area contributed by atoms with Crippen molar-refractivity contribution >= 4 is 35.7 Å². The predicted octanol–water partition coefficient (Wildman–Crippen LogP) is -1.42. The Balaban J connectivity index is 5.56. The number of ether oxygens (including phenoxy) is 2. The minimum absolute atomic E-state index is 0.579. The number of nitrogens with one attached hydrogen (secondary N) is 4. The minimum atomic E-state index is -1.69. The van der Waals surface area contributed by atoms with E-state index in [4.69, 9.17) is 10.5 Å². The van der Waals surface area contributed by atoms with Crippen LogP contribution in [0.1, 0.15) is 61.8 Å². The highest BCUT2D eigenvalue weighted by atomic mass is 16.6. The molecule has 0 aromatic heterocycles. The van der Waals surface area contributed by atoms with Crippen molar-refractivity contribution in [2.75, 3.05) is 7.11 Å². The molecule has 36 heavy (non-hydrogen) atoms. The Morgan fingerprint density at radius 1 is 0.861 bits per heavy atom. The first-order valence-electron chi connectivity index (χ1n) is 11.1. The second-order valence-electron chi connectivity index (χ2n) is 10.3. The lowest BCUT2D eigenvalue weighted by Crippen LogP contribution is -2.65. The van der Waals surface area contributed by atoms with Crippen LogP contribution in [0, 0.1) is 0 Å². The molecular weight excluding hydrogens is 478 g/mol. The van der Waals surface area contributed by atoms with E-state index in [0.717, 1.165) is 7.11 Å². The van der Waals surface area contributed by atoms with E-state index in [9.17, 15) is 33.9 Å². The molecule has 0 fully saturated rings. The average molecular weight is 518 g/mol. The zero-order valence-corrected chi connectivity index (χ0v) is 22.2. The summed E-state index contributed by atoms with van der Waals surface area (Å²) in [5, 5.41) is 19.4. The smallest absolute Gasteiger partial charge is 0.408 e. The van der Waals surface area contributed by atoms with Crippen LogP contribution in [0.4, 0.5) is 4.79 Å². The van der Waals surface area contributed by atoms with E-state index in [1.807, 2.05) is 0 Å². The second kappa shape index (κ2) is 12.5. The quantitative estimate of drug-likeness (QED) is 0.177. The molecule has 206 valence electrons. The molecule has 0 saturated heterocycles. The van der Waals surface area contributed by atoms with E-state index in [-0.39, 0.29) is 0 Å². The Morgan fingerprint density at radius 3 is 1.78 bits per heavy atom. The predicted molar refractivity (Wildman–Crippen MR) is 127 cm³/mol. The molecule has 0 bridgehead atoms. The van der Waals surface area contributed by atoms with Gasteiger partial charge in [0.15, 0.2) is 0 Å². The van der Waals surface area contributed by atoms with E-state index in [2.05, 4.69) is 26.0 Å². The van der Waals surface area contributed by atoms with Crippen molar-refractivity contribution in [1.82, 2.24) is 21.3 Å². The van der Waals surface area contributed by atoms with Gasteiger partial charge in [-0.2, -0.15) is 0 Å². The van der Waals surface area contributed by atoms with Gasteiger partial charge in [0.05, 0.1) is 19.6 Å². The number of aliphatic hydroxyl groups is 1. The molecule has 0 saturated carbocycles. The van der Waals surface area contributed by atoms with E-state index < -0.39 is 77.0 Å². The summed E-state index contributed by atoms with van der Waals surface area (Å²) < 4.78 is 9.70. The van der Waals surface area contributed by atoms with Gasteiger partial charge in [-0.25, -0.2) is 9.59 Å². The lowest BCUT2D eigenvalue weighted by molar-refractivity contribution is -0.150. The van der Waals surface area contributed by atoms with Gasteiger partial charge >= 0.3 is 12.1 Å². The Kier molecular flexibility index (Phi) is 11.3. The number of amides is 5. The Bertz CT molecular complexity index is 862. The zero-order chi connectivity index (χ0) is 28.6. The molecule has 14 heteroatoms.